The lowest BCUT2D eigenvalue weighted by molar-refractivity contribution is -0.145. The largest absolute Gasteiger partial charge is 0.363 e. The molecule has 6 atom stereocenters. The second-order valence-corrected chi connectivity index (χ2v) is 15.1. The van der Waals surface area contributed by atoms with Crippen LogP contribution in [-0.2, 0) is 24.0 Å². The summed E-state index contributed by atoms with van der Waals surface area (Å²) in [5.74, 6) is -4.88. The molecule has 0 aromatic heterocycles. The van der Waals surface area contributed by atoms with E-state index >= 15 is 0 Å². The number of Topliss-reactive ketones (excluding diaryl/α,β-unsaturated/α-hetero) is 3. The normalized spacial score (nSPS) is 23.4. The molecular formula is C34H47N5O7. The molecule has 12 heteroatoms. The lowest BCUT2D eigenvalue weighted by Gasteiger charge is -2.38. The van der Waals surface area contributed by atoms with E-state index < -0.39 is 76.6 Å². The van der Waals surface area contributed by atoms with Crippen molar-refractivity contribution in [3.63, 3.8) is 0 Å². The first-order valence-corrected chi connectivity index (χ1v) is 16.0. The van der Waals surface area contributed by atoms with Gasteiger partial charge in [-0.25, -0.2) is 4.79 Å². The smallest absolute Gasteiger partial charge is 0.316 e. The molecule has 5 N–H and O–H groups in total. The number of urea groups is 1. The zero-order valence-electron chi connectivity index (χ0n) is 27.7. The van der Waals surface area contributed by atoms with E-state index in [2.05, 4.69) is 16.0 Å². The van der Waals surface area contributed by atoms with Crippen LogP contribution in [0.15, 0.2) is 30.3 Å². The van der Waals surface area contributed by atoms with Gasteiger partial charge in [-0.05, 0) is 40.9 Å². The summed E-state index contributed by atoms with van der Waals surface area (Å²) < 4.78 is 0. The van der Waals surface area contributed by atoms with Crippen molar-refractivity contribution >= 4 is 41.1 Å². The molecular weight excluding hydrogens is 590 g/mol. The van der Waals surface area contributed by atoms with Crippen LogP contribution in [0, 0.1) is 34.5 Å². The molecule has 12 nitrogen and oxygen atoms in total. The number of amides is 5. The number of fused-ring (bicyclic) bond motifs is 1. The molecule has 1 unspecified atom stereocenters. The molecule has 1 aliphatic heterocycles. The lowest BCUT2D eigenvalue weighted by atomic mass is 9.85. The van der Waals surface area contributed by atoms with Gasteiger partial charge in [0.25, 0.3) is 5.91 Å². The number of hydrogen-bond donors (Lipinski definition) is 4. The topological polar surface area (TPSA) is 185 Å². The van der Waals surface area contributed by atoms with Crippen LogP contribution in [-0.4, -0.2) is 76.7 Å². The molecule has 1 heterocycles. The molecule has 1 aromatic carbocycles. The van der Waals surface area contributed by atoms with Crippen molar-refractivity contribution in [1.82, 2.24) is 20.9 Å². The van der Waals surface area contributed by atoms with Crippen molar-refractivity contribution in [2.75, 3.05) is 6.54 Å². The van der Waals surface area contributed by atoms with Crippen molar-refractivity contribution < 1.29 is 33.6 Å². The molecule has 3 fully saturated rings. The van der Waals surface area contributed by atoms with Crippen molar-refractivity contribution in [2.24, 2.45) is 40.2 Å². The maximum atomic E-state index is 14.2. The minimum Gasteiger partial charge on any atom is -0.363 e. The van der Waals surface area contributed by atoms with Gasteiger partial charge in [-0.2, -0.15) is 0 Å². The van der Waals surface area contributed by atoms with Gasteiger partial charge in [-0.1, -0.05) is 91.6 Å². The number of nitrogens with one attached hydrogen (secondary N) is 3. The van der Waals surface area contributed by atoms with Gasteiger partial charge in [0.1, 0.15) is 12.1 Å². The first-order chi connectivity index (χ1) is 21.4. The fraction of sp³-hybridized carbons (Fsp3) is 0.618. The third-order valence-electron chi connectivity index (χ3n) is 9.79. The van der Waals surface area contributed by atoms with Crippen LogP contribution in [0.2, 0.25) is 0 Å². The van der Waals surface area contributed by atoms with Gasteiger partial charge in [0.05, 0.1) is 12.1 Å². The molecule has 1 aromatic rings. The first-order valence-electron chi connectivity index (χ1n) is 16.0. The van der Waals surface area contributed by atoms with Crippen LogP contribution < -0.4 is 21.7 Å². The Balaban J connectivity index is 1.52. The zero-order chi connectivity index (χ0) is 34.3. The molecule has 3 aliphatic rings. The minimum atomic E-state index is -1.15. The molecule has 4 rings (SSSR count). The van der Waals surface area contributed by atoms with Crippen LogP contribution in [0.25, 0.3) is 0 Å². The summed E-state index contributed by atoms with van der Waals surface area (Å²) in [6.07, 6.45) is 2.10. The van der Waals surface area contributed by atoms with Gasteiger partial charge in [0.2, 0.25) is 29.2 Å². The monoisotopic (exact) mass is 637 g/mol. The van der Waals surface area contributed by atoms with Crippen molar-refractivity contribution in [3.8, 4) is 0 Å². The fourth-order valence-electron chi connectivity index (χ4n) is 6.70. The van der Waals surface area contributed by atoms with Crippen molar-refractivity contribution in [1.29, 1.82) is 0 Å². The number of likely N-dealkylation sites (tertiary alicyclic amines) is 1. The Labute approximate surface area is 270 Å². The summed E-state index contributed by atoms with van der Waals surface area (Å²) in [5, 5.41) is 8.05. The van der Waals surface area contributed by atoms with Crippen LogP contribution in [0.4, 0.5) is 4.79 Å². The molecule has 0 radical (unpaired) electrons. The Morgan fingerprint density at radius 3 is 2.07 bits per heavy atom. The number of hydrogen-bond acceptors (Lipinski definition) is 7. The Hall–Kier alpha value is -4.09. The maximum absolute atomic E-state index is 14.2. The first kappa shape index (κ1) is 34.8. The Bertz CT molecular complexity index is 1410. The van der Waals surface area contributed by atoms with E-state index in [9.17, 15) is 33.6 Å². The molecule has 250 valence electrons. The predicted octanol–water partition coefficient (Wildman–Crippen LogP) is 2.00. The predicted molar refractivity (Wildman–Crippen MR) is 169 cm³/mol. The highest BCUT2D eigenvalue weighted by atomic mass is 16.2. The number of nitrogens with zero attached hydrogens (tertiary/aromatic N) is 1. The Morgan fingerprint density at radius 2 is 1.54 bits per heavy atom. The van der Waals surface area contributed by atoms with E-state index in [1.807, 2.05) is 13.8 Å². The second-order valence-electron chi connectivity index (χ2n) is 15.1. The quantitative estimate of drug-likeness (QED) is 0.188. The van der Waals surface area contributed by atoms with Crippen LogP contribution in [0.3, 0.4) is 0 Å². The lowest BCUT2D eigenvalue weighted by Crippen LogP contribution is -2.62. The Morgan fingerprint density at radius 1 is 0.935 bits per heavy atom. The number of primary amides is 1. The summed E-state index contributed by atoms with van der Waals surface area (Å²) in [4.78, 5) is 93.2. The average molecular weight is 638 g/mol. The molecule has 2 saturated carbocycles. The zero-order valence-corrected chi connectivity index (χ0v) is 27.7. The van der Waals surface area contributed by atoms with Crippen LogP contribution >= 0.6 is 0 Å². The number of piperidine rings is 1. The third-order valence-corrected chi connectivity index (χ3v) is 9.79. The molecule has 2 aliphatic carbocycles. The number of benzene rings is 1. The second kappa shape index (κ2) is 13.0. The SMILES string of the molecule is CC(C)[C@H](NC(=O)N[C@H](C(=O)N1C[C@H]2[C@@H]([C@H]1C(=O)NC(CC1CC1)C(=O)C(N)=O)C2(C)C)C(C)(C)C)C(=O)C(=O)c1ccccc1. The average Bonchev–Trinajstić information content (AvgIpc) is 3.84. The highest BCUT2D eigenvalue weighted by Gasteiger charge is 2.70. The molecule has 0 bridgehead atoms. The van der Waals surface area contributed by atoms with Gasteiger partial charge in [-0.3, -0.25) is 28.8 Å². The molecule has 0 spiro atoms. The molecule has 46 heavy (non-hydrogen) atoms. The molecule has 5 amide bonds. The number of carbonyl (C=O) groups excluding carboxylic acids is 7. The van der Waals surface area contributed by atoms with Crippen molar-refractivity contribution in [3.05, 3.63) is 35.9 Å². The van der Waals surface area contributed by atoms with E-state index in [-0.39, 0.29) is 35.3 Å². The van der Waals surface area contributed by atoms with E-state index in [1.165, 1.54) is 17.0 Å². The number of carbonyl (C=O) groups is 7. The van der Waals surface area contributed by atoms with E-state index in [0.717, 1.165) is 12.8 Å². The van der Waals surface area contributed by atoms with Crippen LogP contribution in [0.1, 0.15) is 78.1 Å². The highest BCUT2D eigenvalue weighted by molar-refractivity contribution is 6.45. The summed E-state index contributed by atoms with van der Waals surface area (Å²) in [6, 6.07) is 3.02. The van der Waals surface area contributed by atoms with E-state index in [0.29, 0.717) is 6.42 Å². The number of ketones is 3. The van der Waals surface area contributed by atoms with Gasteiger partial charge in [-0.15, -0.1) is 0 Å². The van der Waals surface area contributed by atoms with Crippen molar-refractivity contribution in [2.45, 2.75) is 91.9 Å². The van der Waals surface area contributed by atoms with Gasteiger partial charge < -0.3 is 26.6 Å². The number of nitrogens with two attached hydrogens (primary N) is 1. The minimum absolute atomic E-state index is 0.0299. The van der Waals surface area contributed by atoms with E-state index in [4.69, 9.17) is 5.73 Å². The Kier molecular flexibility index (Phi) is 9.80. The van der Waals surface area contributed by atoms with Gasteiger partial charge in [0, 0.05) is 12.1 Å². The van der Waals surface area contributed by atoms with Gasteiger partial charge in [0.15, 0.2) is 0 Å². The van der Waals surface area contributed by atoms with Crippen LogP contribution in [0.5, 0.6) is 0 Å². The number of rotatable bonds is 13. The summed E-state index contributed by atoms with van der Waals surface area (Å²) in [6.45, 7) is 13.0. The standard InChI is InChI=1S/C34H47N5O7/c1-17(2)23(27(42)25(40)19-11-9-8-10-12-19)37-32(46)38-28(33(3,4)5)31(45)39-16-20-22(34(20,6)7)24(39)30(44)36-21(15-18-13-14-18)26(41)29(35)43/h8-12,17-18,20-24,28H,13-16H2,1-7H3,(H2,35,43)(H,36,44)(H2,37,38,46)/t20-,21?,22-,23-,24-,28+/m0/s1. The van der Waals surface area contributed by atoms with E-state index in [1.54, 1.807) is 52.8 Å². The third kappa shape index (κ3) is 7.31. The fourth-order valence-corrected chi connectivity index (χ4v) is 6.70. The summed E-state index contributed by atoms with van der Waals surface area (Å²) in [5.41, 5.74) is 4.45. The summed E-state index contributed by atoms with van der Waals surface area (Å²) >= 11 is 0. The summed E-state index contributed by atoms with van der Waals surface area (Å²) in [7, 11) is 0. The highest BCUT2D eigenvalue weighted by Crippen LogP contribution is 2.65. The maximum Gasteiger partial charge on any atom is 0.316 e. The van der Waals surface area contributed by atoms with Gasteiger partial charge >= 0.3 is 6.03 Å². The molecule has 1 saturated heterocycles.